The number of fused-ring (bicyclic) bond motifs is 6. The van der Waals surface area contributed by atoms with Crippen LogP contribution in [0.15, 0.2) is 162 Å². The van der Waals surface area contributed by atoms with Crippen molar-refractivity contribution < 1.29 is 4.42 Å². The quantitative estimate of drug-likeness (QED) is 0.133. The van der Waals surface area contributed by atoms with Crippen molar-refractivity contribution in [3.63, 3.8) is 0 Å². The first-order valence-corrected chi connectivity index (χ1v) is 19.2. The number of para-hydroxylation sites is 1. The topological polar surface area (TPSA) is 16.4 Å². The molecule has 0 saturated heterocycles. The van der Waals surface area contributed by atoms with Gasteiger partial charge in [0.1, 0.15) is 5.58 Å². The van der Waals surface area contributed by atoms with Crippen LogP contribution < -0.4 is 4.90 Å². The van der Waals surface area contributed by atoms with Crippen molar-refractivity contribution in [1.29, 1.82) is 0 Å². The Labute approximate surface area is 313 Å². The SMILES string of the molecule is CCCCCCc1ccc2c(c1)oc1c(N(c3ccccc3)c3ccc(-c4ccc(-c5ccccc5)cc4)cc3)c3c(cc12)-c1ccccc1C3(C)C. The van der Waals surface area contributed by atoms with Crippen molar-refractivity contribution in [3.05, 3.63) is 174 Å². The van der Waals surface area contributed by atoms with E-state index in [0.717, 1.165) is 40.0 Å². The molecule has 8 aromatic rings. The van der Waals surface area contributed by atoms with Crippen LogP contribution in [0.4, 0.5) is 17.1 Å². The zero-order valence-electron chi connectivity index (χ0n) is 30.9. The van der Waals surface area contributed by atoms with Crippen LogP contribution in [0, 0.1) is 0 Å². The highest BCUT2D eigenvalue weighted by Crippen LogP contribution is 2.57. The van der Waals surface area contributed by atoms with Gasteiger partial charge in [0.15, 0.2) is 5.58 Å². The zero-order chi connectivity index (χ0) is 35.9. The van der Waals surface area contributed by atoms with E-state index in [2.05, 4.69) is 183 Å². The summed E-state index contributed by atoms with van der Waals surface area (Å²) in [7, 11) is 0. The van der Waals surface area contributed by atoms with Crippen molar-refractivity contribution >= 4 is 39.0 Å². The Bertz CT molecular complexity index is 2540. The van der Waals surface area contributed by atoms with Crippen molar-refractivity contribution in [1.82, 2.24) is 0 Å². The Morgan fingerprint density at radius 2 is 1.13 bits per heavy atom. The van der Waals surface area contributed by atoms with E-state index in [1.165, 1.54) is 81.1 Å². The smallest absolute Gasteiger partial charge is 0.159 e. The molecule has 0 spiro atoms. The summed E-state index contributed by atoms with van der Waals surface area (Å²) >= 11 is 0. The van der Waals surface area contributed by atoms with Crippen LogP contribution in [-0.2, 0) is 11.8 Å². The second kappa shape index (κ2) is 13.6. The molecule has 1 aliphatic rings. The summed E-state index contributed by atoms with van der Waals surface area (Å²) in [5.41, 5.74) is 16.4. The van der Waals surface area contributed by atoms with Crippen LogP contribution in [0.1, 0.15) is 63.1 Å². The van der Waals surface area contributed by atoms with Gasteiger partial charge in [-0.25, -0.2) is 0 Å². The van der Waals surface area contributed by atoms with Gasteiger partial charge < -0.3 is 9.32 Å². The summed E-state index contributed by atoms with van der Waals surface area (Å²) in [4.78, 5) is 2.44. The monoisotopic (exact) mass is 687 g/mol. The lowest BCUT2D eigenvalue weighted by Gasteiger charge is -2.32. The van der Waals surface area contributed by atoms with Gasteiger partial charge in [-0.15, -0.1) is 0 Å². The number of aryl methyl sites for hydroxylation is 1. The van der Waals surface area contributed by atoms with Gasteiger partial charge >= 0.3 is 0 Å². The molecule has 1 aliphatic carbocycles. The first kappa shape index (κ1) is 33.0. The third kappa shape index (κ3) is 5.83. The summed E-state index contributed by atoms with van der Waals surface area (Å²) in [6.07, 6.45) is 6.09. The van der Waals surface area contributed by atoms with Gasteiger partial charge in [-0.05, 0) is 99.3 Å². The first-order chi connectivity index (χ1) is 26.0. The minimum absolute atomic E-state index is 0.244. The third-order valence-electron chi connectivity index (χ3n) is 11.3. The molecule has 0 amide bonds. The van der Waals surface area contributed by atoms with Gasteiger partial charge in [0.2, 0.25) is 0 Å². The van der Waals surface area contributed by atoms with Crippen molar-refractivity contribution in [2.24, 2.45) is 0 Å². The molecule has 7 aromatic carbocycles. The molecule has 9 rings (SSSR count). The number of nitrogens with zero attached hydrogens (tertiary/aromatic N) is 1. The summed E-state index contributed by atoms with van der Waals surface area (Å²) in [6, 6.07) is 57.5. The zero-order valence-corrected chi connectivity index (χ0v) is 30.9. The van der Waals surface area contributed by atoms with Gasteiger partial charge in [0.25, 0.3) is 0 Å². The molecule has 53 heavy (non-hydrogen) atoms. The molecule has 0 fully saturated rings. The van der Waals surface area contributed by atoms with E-state index in [1.54, 1.807) is 0 Å². The molecular formula is C51H45NO. The van der Waals surface area contributed by atoms with Crippen LogP contribution in [0.5, 0.6) is 0 Å². The molecule has 0 radical (unpaired) electrons. The molecule has 0 atom stereocenters. The molecule has 2 nitrogen and oxygen atoms in total. The number of hydrogen-bond donors (Lipinski definition) is 0. The van der Waals surface area contributed by atoms with Gasteiger partial charge in [0, 0.05) is 27.6 Å². The maximum atomic E-state index is 7.09. The van der Waals surface area contributed by atoms with E-state index in [-0.39, 0.29) is 5.41 Å². The van der Waals surface area contributed by atoms with Crippen LogP contribution in [0.2, 0.25) is 0 Å². The highest BCUT2D eigenvalue weighted by atomic mass is 16.3. The van der Waals surface area contributed by atoms with Gasteiger partial charge in [-0.1, -0.05) is 161 Å². The number of rotatable bonds is 10. The number of unbranched alkanes of at least 4 members (excludes halogenated alkanes) is 3. The molecule has 2 heteroatoms. The Kier molecular flexibility index (Phi) is 8.47. The highest BCUT2D eigenvalue weighted by molar-refractivity contribution is 6.14. The third-order valence-corrected chi connectivity index (χ3v) is 11.3. The van der Waals surface area contributed by atoms with E-state index in [1.807, 2.05) is 0 Å². The standard InChI is InChI=1S/C51H45NO/c1-4-5-6-9-16-35-23-32-43-45-34-44-42-21-14-15-22-46(42)51(2,3)48(44)49(50(45)53-47(43)33-35)52(40-19-12-8-13-20-40)41-30-28-39(29-31-41)38-26-24-37(25-27-38)36-17-10-7-11-18-36/h7-8,10-15,17-34H,4-6,9,16H2,1-3H3. The second-order valence-corrected chi connectivity index (χ2v) is 15.1. The number of benzene rings is 7. The minimum atomic E-state index is -0.244. The van der Waals surface area contributed by atoms with Gasteiger partial charge in [0.05, 0.1) is 5.69 Å². The summed E-state index contributed by atoms with van der Waals surface area (Å²) in [5.74, 6) is 0. The molecule has 0 N–H and O–H groups in total. The lowest BCUT2D eigenvalue weighted by Crippen LogP contribution is -2.21. The molecule has 0 aliphatic heterocycles. The Hall–Kier alpha value is -5.86. The largest absolute Gasteiger partial charge is 0.454 e. The molecule has 0 bridgehead atoms. The van der Waals surface area contributed by atoms with Crippen molar-refractivity contribution in [2.45, 2.75) is 58.3 Å². The first-order valence-electron chi connectivity index (χ1n) is 19.2. The van der Waals surface area contributed by atoms with Crippen LogP contribution in [0.3, 0.4) is 0 Å². The summed E-state index contributed by atoms with van der Waals surface area (Å²) < 4.78 is 7.09. The molecule has 1 aromatic heterocycles. The average molecular weight is 688 g/mol. The molecular weight excluding hydrogens is 643 g/mol. The van der Waals surface area contributed by atoms with E-state index in [0.29, 0.717) is 0 Å². The molecule has 1 heterocycles. The van der Waals surface area contributed by atoms with E-state index >= 15 is 0 Å². The number of furan rings is 1. The summed E-state index contributed by atoms with van der Waals surface area (Å²) in [6.45, 7) is 7.01. The second-order valence-electron chi connectivity index (χ2n) is 15.1. The Morgan fingerprint density at radius 1 is 0.528 bits per heavy atom. The maximum Gasteiger partial charge on any atom is 0.159 e. The predicted octanol–water partition coefficient (Wildman–Crippen LogP) is 14.8. The highest BCUT2D eigenvalue weighted by Gasteiger charge is 2.41. The number of hydrogen-bond acceptors (Lipinski definition) is 2. The molecule has 260 valence electrons. The molecule has 0 saturated carbocycles. The number of anilines is 3. The fraction of sp³-hybridized carbons (Fsp3) is 0.176. The minimum Gasteiger partial charge on any atom is -0.454 e. The van der Waals surface area contributed by atoms with Crippen LogP contribution in [-0.4, -0.2) is 0 Å². The maximum absolute atomic E-state index is 7.09. The Morgan fingerprint density at radius 3 is 1.83 bits per heavy atom. The van der Waals surface area contributed by atoms with E-state index in [9.17, 15) is 0 Å². The van der Waals surface area contributed by atoms with E-state index in [4.69, 9.17) is 4.42 Å². The lowest BCUT2D eigenvalue weighted by atomic mass is 9.80. The van der Waals surface area contributed by atoms with Crippen molar-refractivity contribution in [2.75, 3.05) is 4.90 Å². The normalized spacial score (nSPS) is 13.0. The van der Waals surface area contributed by atoms with Crippen LogP contribution >= 0.6 is 0 Å². The predicted molar refractivity (Wildman–Crippen MR) is 225 cm³/mol. The average Bonchev–Trinajstić information content (AvgIpc) is 3.69. The van der Waals surface area contributed by atoms with Gasteiger partial charge in [-0.3, -0.25) is 0 Å². The lowest BCUT2D eigenvalue weighted by molar-refractivity contribution is 0.646. The fourth-order valence-electron chi connectivity index (χ4n) is 8.58. The molecule has 0 unspecified atom stereocenters. The Balaban J connectivity index is 1.22. The van der Waals surface area contributed by atoms with Gasteiger partial charge in [-0.2, -0.15) is 0 Å². The van der Waals surface area contributed by atoms with Crippen LogP contribution in [0.25, 0.3) is 55.3 Å². The summed E-state index contributed by atoms with van der Waals surface area (Å²) in [5, 5.41) is 2.33. The fourth-order valence-corrected chi connectivity index (χ4v) is 8.58. The van der Waals surface area contributed by atoms with Crippen molar-refractivity contribution in [3.8, 4) is 33.4 Å². The van der Waals surface area contributed by atoms with E-state index < -0.39 is 0 Å².